The van der Waals surface area contributed by atoms with Gasteiger partial charge in [-0.25, -0.2) is 4.99 Å². The Morgan fingerprint density at radius 1 is 1.29 bits per heavy atom. The van der Waals surface area contributed by atoms with Crippen LogP contribution in [-0.2, 0) is 4.74 Å². The smallest absolute Gasteiger partial charge is 0.216 e. The highest BCUT2D eigenvalue weighted by molar-refractivity contribution is 6.06. The van der Waals surface area contributed by atoms with Crippen molar-refractivity contribution in [1.29, 1.82) is 0 Å². The standard InChI is InChI=1S/C11H10N2O/c1-2-9(11-13-6-7-14-11)8-4-5-12-10(8)3-1/h1-5,12H,6-7H2. The van der Waals surface area contributed by atoms with Crippen LogP contribution in [-0.4, -0.2) is 24.0 Å². The number of ether oxygens (including phenoxy) is 1. The molecule has 0 unspecified atom stereocenters. The fraction of sp³-hybridized carbons (Fsp3) is 0.182. The molecule has 2 aromatic rings. The van der Waals surface area contributed by atoms with Crippen LogP contribution in [0.15, 0.2) is 35.5 Å². The molecule has 2 heterocycles. The molecule has 0 radical (unpaired) electrons. The highest BCUT2D eigenvalue weighted by atomic mass is 16.5. The van der Waals surface area contributed by atoms with Crippen molar-refractivity contribution in [3.63, 3.8) is 0 Å². The number of aliphatic imine (C=N–C) groups is 1. The third-order valence-corrected chi connectivity index (χ3v) is 2.41. The molecule has 1 aliphatic heterocycles. The van der Waals surface area contributed by atoms with Crippen molar-refractivity contribution in [2.45, 2.75) is 0 Å². The maximum Gasteiger partial charge on any atom is 0.216 e. The summed E-state index contributed by atoms with van der Waals surface area (Å²) in [5, 5.41) is 1.17. The topological polar surface area (TPSA) is 37.4 Å². The van der Waals surface area contributed by atoms with Gasteiger partial charge in [0.05, 0.1) is 6.54 Å². The Balaban J connectivity index is 2.24. The van der Waals surface area contributed by atoms with Crippen molar-refractivity contribution in [3.05, 3.63) is 36.0 Å². The second-order valence-corrected chi connectivity index (χ2v) is 3.28. The van der Waals surface area contributed by atoms with Crippen molar-refractivity contribution < 1.29 is 4.74 Å². The number of aromatic amines is 1. The van der Waals surface area contributed by atoms with Crippen LogP contribution < -0.4 is 0 Å². The largest absolute Gasteiger partial charge is 0.475 e. The third-order valence-electron chi connectivity index (χ3n) is 2.41. The molecule has 1 aliphatic rings. The van der Waals surface area contributed by atoms with Crippen molar-refractivity contribution in [2.75, 3.05) is 13.2 Å². The van der Waals surface area contributed by atoms with E-state index in [1.165, 1.54) is 5.39 Å². The fourth-order valence-corrected chi connectivity index (χ4v) is 1.77. The lowest BCUT2D eigenvalue weighted by molar-refractivity contribution is 0.348. The van der Waals surface area contributed by atoms with Gasteiger partial charge in [-0.15, -0.1) is 0 Å². The molecule has 70 valence electrons. The molecule has 0 amide bonds. The molecule has 0 saturated carbocycles. The van der Waals surface area contributed by atoms with Gasteiger partial charge in [0.1, 0.15) is 6.61 Å². The van der Waals surface area contributed by atoms with Gasteiger partial charge < -0.3 is 9.72 Å². The average molecular weight is 186 g/mol. The van der Waals surface area contributed by atoms with E-state index in [2.05, 4.69) is 16.0 Å². The Bertz CT molecular complexity index is 499. The Morgan fingerprint density at radius 2 is 2.29 bits per heavy atom. The van der Waals surface area contributed by atoms with E-state index in [0.717, 1.165) is 23.5 Å². The number of H-pyrrole nitrogens is 1. The van der Waals surface area contributed by atoms with Crippen molar-refractivity contribution >= 4 is 16.8 Å². The maximum absolute atomic E-state index is 5.45. The first-order valence-corrected chi connectivity index (χ1v) is 4.69. The van der Waals surface area contributed by atoms with Gasteiger partial charge in [-0.3, -0.25) is 0 Å². The summed E-state index contributed by atoms with van der Waals surface area (Å²) in [7, 11) is 0. The van der Waals surface area contributed by atoms with Crippen LogP contribution in [0.1, 0.15) is 5.56 Å². The van der Waals surface area contributed by atoms with E-state index in [-0.39, 0.29) is 0 Å². The van der Waals surface area contributed by atoms with E-state index in [9.17, 15) is 0 Å². The molecule has 0 fully saturated rings. The average Bonchev–Trinajstić information content (AvgIpc) is 2.88. The first-order valence-electron chi connectivity index (χ1n) is 4.69. The second-order valence-electron chi connectivity index (χ2n) is 3.28. The summed E-state index contributed by atoms with van der Waals surface area (Å²) in [5.74, 6) is 0.773. The van der Waals surface area contributed by atoms with Gasteiger partial charge in [0.2, 0.25) is 5.90 Å². The zero-order valence-corrected chi connectivity index (χ0v) is 7.66. The summed E-state index contributed by atoms with van der Waals surface area (Å²) in [6.07, 6.45) is 1.93. The maximum atomic E-state index is 5.45. The van der Waals surface area contributed by atoms with E-state index >= 15 is 0 Å². The Morgan fingerprint density at radius 3 is 3.14 bits per heavy atom. The number of nitrogens with one attached hydrogen (secondary N) is 1. The molecule has 1 aromatic heterocycles. The van der Waals surface area contributed by atoms with Gasteiger partial charge in [0.15, 0.2) is 0 Å². The van der Waals surface area contributed by atoms with Gasteiger partial charge in [-0.05, 0) is 18.2 Å². The van der Waals surface area contributed by atoms with Gasteiger partial charge in [0, 0.05) is 22.7 Å². The highest BCUT2D eigenvalue weighted by Gasteiger charge is 2.13. The quantitative estimate of drug-likeness (QED) is 0.726. The molecule has 0 atom stereocenters. The number of aromatic nitrogens is 1. The number of benzene rings is 1. The van der Waals surface area contributed by atoms with Crippen LogP contribution in [0.2, 0.25) is 0 Å². The molecule has 3 heteroatoms. The zero-order valence-electron chi connectivity index (χ0n) is 7.66. The summed E-state index contributed by atoms with van der Waals surface area (Å²) in [5.41, 5.74) is 2.21. The minimum absolute atomic E-state index is 0.705. The van der Waals surface area contributed by atoms with Gasteiger partial charge in [-0.2, -0.15) is 0 Å². The van der Waals surface area contributed by atoms with Gasteiger partial charge in [0.25, 0.3) is 0 Å². The van der Waals surface area contributed by atoms with E-state index in [4.69, 9.17) is 4.74 Å². The molecule has 0 aliphatic carbocycles. The summed E-state index contributed by atoms with van der Waals surface area (Å²) < 4.78 is 5.45. The number of hydrogen-bond acceptors (Lipinski definition) is 2. The lowest BCUT2D eigenvalue weighted by Gasteiger charge is -2.02. The van der Waals surface area contributed by atoms with Crippen LogP contribution in [0.5, 0.6) is 0 Å². The molecule has 0 saturated heterocycles. The minimum Gasteiger partial charge on any atom is -0.475 e. The fourth-order valence-electron chi connectivity index (χ4n) is 1.77. The van der Waals surface area contributed by atoms with Crippen LogP contribution in [0.25, 0.3) is 10.9 Å². The Labute approximate surface area is 81.4 Å². The molecule has 1 aromatic carbocycles. The van der Waals surface area contributed by atoms with Crippen LogP contribution in [0.3, 0.4) is 0 Å². The number of nitrogens with zero attached hydrogens (tertiary/aromatic N) is 1. The summed E-state index contributed by atoms with van der Waals surface area (Å²) in [6, 6.07) is 8.15. The SMILES string of the molecule is c1cc(C2=NCCO2)c2cc[nH]c2c1. The van der Waals surface area contributed by atoms with Crippen molar-refractivity contribution in [3.8, 4) is 0 Å². The van der Waals surface area contributed by atoms with Gasteiger partial charge in [-0.1, -0.05) is 6.07 Å². The number of rotatable bonds is 1. The molecule has 14 heavy (non-hydrogen) atoms. The van der Waals surface area contributed by atoms with Crippen LogP contribution in [0, 0.1) is 0 Å². The predicted octanol–water partition coefficient (Wildman–Crippen LogP) is 1.94. The molecule has 0 bridgehead atoms. The second kappa shape index (κ2) is 2.87. The number of fused-ring (bicyclic) bond motifs is 1. The lowest BCUT2D eigenvalue weighted by Crippen LogP contribution is -2.00. The molecular formula is C11H10N2O. The summed E-state index contributed by atoms with van der Waals surface area (Å²) >= 11 is 0. The van der Waals surface area contributed by atoms with Crippen molar-refractivity contribution in [1.82, 2.24) is 4.98 Å². The molecule has 1 N–H and O–H groups in total. The third kappa shape index (κ3) is 1.02. The first-order chi connectivity index (χ1) is 6.95. The minimum atomic E-state index is 0.705. The normalized spacial score (nSPS) is 15.6. The zero-order chi connectivity index (χ0) is 9.38. The van der Waals surface area contributed by atoms with Crippen LogP contribution >= 0.6 is 0 Å². The monoisotopic (exact) mass is 186 g/mol. The van der Waals surface area contributed by atoms with E-state index in [0.29, 0.717) is 6.61 Å². The lowest BCUT2D eigenvalue weighted by atomic mass is 10.1. The molecule has 0 spiro atoms. The first kappa shape index (κ1) is 7.62. The molecular weight excluding hydrogens is 176 g/mol. The number of hydrogen-bond donors (Lipinski definition) is 1. The van der Waals surface area contributed by atoms with E-state index in [1.54, 1.807) is 0 Å². The van der Waals surface area contributed by atoms with Gasteiger partial charge >= 0.3 is 0 Å². The van der Waals surface area contributed by atoms with Crippen LogP contribution in [0.4, 0.5) is 0 Å². The molecule has 3 rings (SSSR count). The molecule has 3 nitrogen and oxygen atoms in total. The van der Waals surface area contributed by atoms with Crippen molar-refractivity contribution in [2.24, 2.45) is 4.99 Å². The summed E-state index contributed by atoms with van der Waals surface area (Å²) in [4.78, 5) is 7.49. The van der Waals surface area contributed by atoms with E-state index < -0.39 is 0 Å². The predicted molar refractivity (Wildman–Crippen MR) is 55.7 cm³/mol. The Kier molecular flexibility index (Phi) is 1.56. The highest BCUT2D eigenvalue weighted by Crippen LogP contribution is 2.19. The summed E-state index contributed by atoms with van der Waals surface area (Å²) in [6.45, 7) is 1.48. The Hall–Kier alpha value is -1.77. The van der Waals surface area contributed by atoms with E-state index in [1.807, 2.05) is 24.4 Å².